The summed E-state index contributed by atoms with van der Waals surface area (Å²) in [4.78, 5) is 25.4. The molecule has 2 aromatic rings. The lowest BCUT2D eigenvalue weighted by molar-refractivity contribution is -0.165. The molecule has 2 atom stereocenters. The van der Waals surface area contributed by atoms with E-state index in [0.29, 0.717) is 30.6 Å². The van der Waals surface area contributed by atoms with Crippen LogP contribution in [-0.2, 0) is 20.9 Å². The topological polar surface area (TPSA) is 97.0 Å². The van der Waals surface area contributed by atoms with Gasteiger partial charge in [0.25, 0.3) is 5.91 Å². The Morgan fingerprint density at radius 2 is 2.14 bits per heavy atom. The molecule has 28 heavy (non-hydrogen) atoms. The minimum absolute atomic E-state index is 0.299. The Bertz CT molecular complexity index is 1020. The van der Waals surface area contributed by atoms with E-state index >= 15 is 0 Å². The van der Waals surface area contributed by atoms with Gasteiger partial charge >= 0.3 is 5.97 Å². The zero-order valence-corrected chi connectivity index (χ0v) is 16.2. The smallest absolute Gasteiger partial charge is 0.313 e. The number of rotatable bonds is 4. The number of esters is 1. The van der Waals surface area contributed by atoms with Crippen molar-refractivity contribution in [2.75, 3.05) is 5.32 Å². The number of amides is 1. The van der Waals surface area contributed by atoms with Gasteiger partial charge in [-0.2, -0.15) is 10.4 Å². The third kappa shape index (κ3) is 2.37. The Labute approximate surface area is 163 Å². The maximum atomic E-state index is 13.1. The molecule has 2 fully saturated rings. The van der Waals surface area contributed by atoms with Crippen LogP contribution in [-0.4, -0.2) is 27.3 Å². The molecule has 1 aliphatic carbocycles. The zero-order valence-electron chi connectivity index (χ0n) is 16.2. The van der Waals surface area contributed by atoms with E-state index in [9.17, 15) is 9.59 Å². The number of nitriles is 1. The van der Waals surface area contributed by atoms with E-state index in [1.165, 1.54) is 0 Å². The Hall–Kier alpha value is -3.14. The summed E-state index contributed by atoms with van der Waals surface area (Å²) in [5.41, 5.74) is -0.303. The first-order valence-electron chi connectivity index (χ1n) is 9.28. The Morgan fingerprint density at radius 1 is 1.36 bits per heavy atom. The number of fused-ring (bicyclic) bond motifs is 2. The molecule has 1 aromatic heterocycles. The van der Waals surface area contributed by atoms with Crippen LogP contribution in [0.1, 0.15) is 44.7 Å². The van der Waals surface area contributed by atoms with Crippen molar-refractivity contribution < 1.29 is 14.3 Å². The van der Waals surface area contributed by atoms with Gasteiger partial charge in [-0.3, -0.25) is 14.3 Å². The van der Waals surface area contributed by atoms with E-state index in [-0.39, 0.29) is 11.9 Å². The highest BCUT2D eigenvalue weighted by Gasteiger charge is 2.75. The summed E-state index contributed by atoms with van der Waals surface area (Å²) in [6.45, 7) is 6.21. The van der Waals surface area contributed by atoms with Crippen molar-refractivity contribution in [1.82, 2.24) is 9.78 Å². The molecule has 1 N–H and O–H groups in total. The van der Waals surface area contributed by atoms with E-state index in [4.69, 9.17) is 10.00 Å². The number of carbonyl (C=O) groups excluding carboxylic acids is 2. The fourth-order valence-corrected chi connectivity index (χ4v) is 4.42. The van der Waals surface area contributed by atoms with Gasteiger partial charge in [-0.25, -0.2) is 0 Å². The quantitative estimate of drug-likeness (QED) is 0.825. The van der Waals surface area contributed by atoms with E-state index < -0.39 is 16.4 Å². The largest absolute Gasteiger partial charge is 0.448 e. The SMILES string of the molecule is CC1(C)[C@@]2(C)CC[C@]1(C(=O)Nc1cnn(Cc3cccc(C#N)c3)c1)OC2=O. The molecule has 2 aliphatic rings. The van der Waals surface area contributed by atoms with Crippen molar-refractivity contribution >= 4 is 17.6 Å². The average Bonchev–Trinajstić information content (AvgIpc) is 3.22. The third-order valence-corrected chi connectivity index (χ3v) is 6.74. The molecule has 2 heterocycles. The van der Waals surface area contributed by atoms with Crippen LogP contribution in [0.25, 0.3) is 0 Å². The summed E-state index contributed by atoms with van der Waals surface area (Å²) >= 11 is 0. The minimum atomic E-state index is -1.15. The van der Waals surface area contributed by atoms with Crippen LogP contribution in [0.4, 0.5) is 5.69 Å². The van der Waals surface area contributed by atoms with Crippen molar-refractivity contribution in [3.8, 4) is 6.07 Å². The second kappa shape index (κ2) is 5.93. The van der Waals surface area contributed by atoms with Gasteiger partial charge in [0.1, 0.15) is 0 Å². The average molecular weight is 378 g/mol. The predicted octanol–water partition coefficient (Wildman–Crippen LogP) is 2.86. The molecule has 1 aliphatic heterocycles. The number of hydrogen-bond acceptors (Lipinski definition) is 5. The summed E-state index contributed by atoms with van der Waals surface area (Å²) in [6.07, 6.45) is 4.45. The number of hydrogen-bond donors (Lipinski definition) is 1. The lowest BCUT2D eigenvalue weighted by Crippen LogP contribution is -2.50. The number of ether oxygens (including phenoxy) is 1. The number of benzene rings is 1. The Balaban J connectivity index is 1.51. The number of nitrogens with one attached hydrogen (secondary N) is 1. The van der Waals surface area contributed by atoms with E-state index in [2.05, 4.69) is 16.5 Å². The molecule has 2 bridgehead atoms. The molecule has 0 radical (unpaired) electrons. The number of aromatic nitrogens is 2. The van der Waals surface area contributed by atoms with E-state index in [0.717, 1.165) is 5.56 Å². The number of carbonyl (C=O) groups is 2. The molecule has 7 nitrogen and oxygen atoms in total. The van der Waals surface area contributed by atoms with Gasteiger partial charge in [0, 0.05) is 11.6 Å². The summed E-state index contributed by atoms with van der Waals surface area (Å²) in [5, 5.41) is 16.2. The number of nitrogens with zero attached hydrogens (tertiary/aromatic N) is 3. The molecule has 1 saturated heterocycles. The highest BCUT2D eigenvalue weighted by molar-refractivity contribution is 6.03. The Morgan fingerprint density at radius 3 is 2.79 bits per heavy atom. The van der Waals surface area contributed by atoms with Crippen LogP contribution in [0.3, 0.4) is 0 Å². The maximum absolute atomic E-state index is 13.1. The molecular weight excluding hydrogens is 356 g/mol. The summed E-state index contributed by atoms with van der Waals surface area (Å²) in [7, 11) is 0. The molecule has 1 amide bonds. The standard InChI is InChI=1S/C21H22N4O3/c1-19(2)20(3)7-8-21(19,28-18(20)27)17(26)24-16-11-23-25(13-16)12-15-6-4-5-14(9-15)10-22/h4-6,9,11,13H,7-8,12H2,1-3H3,(H,24,26)/t20-,21+/m0/s1. The second-order valence-electron chi connectivity index (χ2n) is 8.37. The van der Waals surface area contributed by atoms with Crippen molar-refractivity contribution in [3.05, 3.63) is 47.8 Å². The van der Waals surface area contributed by atoms with Gasteiger partial charge in [0.05, 0.1) is 35.5 Å². The van der Waals surface area contributed by atoms with Crippen LogP contribution in [0.2, 0.25) is 0 Å². The Kier molecular flexibility index (Phi) is 3.86. The minimum Gasteiger partial charge on any atom is -0.448 e. The molecule has 1 saturated carbocycles. The first kappa shape index (κ1) is 18.2. The highest BCUT2D eigenvalue weighted by atomic mass is 16.6. The van der Waals surface area contributed by atoms with Gasteiger partial charge in [-0.1, -0.05) is 26.0 Å². The number of anilines is 1. The summed E-state index contributed by atoms with van der Waals surface area (Å²) in [5.74, 6) is -0.606. The molecule has 0 unspecified atom stereocenters. The van der Waals surface area contributed by atoms with Crippen LogP contribution < -0.4 is 5.32 Å². The van der Waals surface area contributed by atoms with Crippen molar-refractivity contribution in [1.29, 1.82) is 5.26 Å². The predicted molar refractivity (Wildman–Crippen MR) is 101 cm³/mol. The fraction of sp³-hybridized carbons (Fsp3) is 0.429. The lowest BCUT2D eigenvalue weighted by Gasteiger charge is -2.35. The first-order valence-corrected chi connectivity index (χ1v) is 9.28. The highest BCUT2D eigenvalue weighted by Crippen LogP contribution is 2.65. The van der Waals surface area contributed by atoms with Crippen LogP contribution in [0.15, 0.2) is 36.7 Å². The zero-order chi connectivity index (χ0) is 20.2. The van der Waals surface area contributed by atoms with Gasteiger partial charge in [-0.15, -0.1) is 0 Å². The van der Waals surface area contributed by atoms with Gasteiger partial charge in [0.2, 0.25) is 0 Å². The molecule has 4 rings (SSSR count). The van der Waals surface area contributed by atoms with Crippen molar-refractivity contribution in [2.45, 2.75) is 45.8 Å². The van der Waals surface area contributed by atoms with Gasteiger partial charge < -0.3 is 10.1 Å². The van der Waals surface area contributed by atoms with Crippen molar-refractivity contribution in [2.24, 2.45) is 10.8 Å². The monoisotopic (exact) mass is 378 g/mol. The molecule has 1 aromatic carbocycles. The van der Waals surface area contributed by atoms with Crippen LogP contribution in [0.5, 0.6) is 0 Å². The second-order valence-corrected chi connectivity index (χ2v) is 8.37. The molecular formula is C21H22N4O3. The molecule has 0 spiro atoms. The summed E-state index contributed by atoms with van der Waals surface area (Å²) in [6, 6.07) is 9.41. The fourth-order valence-electron chi connectivity index (χ4n) is 4.42. The van der Waals surface area contributed by atoms with E-state index in [1.807, 2.05) is 32.9 Å². The van der Waals surface area contributed by atoms with Gasteiger partial charge in [-0.05, 0) is 37.5 Å². The summed E-state index contributed by atoms with van der Waals surface area (Å²) < 4.78 is 7.31. The third-order valence-electron chi connectivity index (χ3n) is 6.74. The molecule has 7 heteroatoms. The van der Waals surface area contributed by atoms with Gasteiger partial charge in [0.15, 0.2) is 5.60 Å². The maximum Gasteiger partial charge on any atom is 0.313 e. The lowest BCUT2D eigenvalue weighted by atomic mass is 9.66. The van der Waals surface area contributed by atoms with Crippen molar-refractivity contribution in [3.63, 3.8) is 0 Å². The molecule has 144 valence electrons. The van der Waals surface area contributed by atoms with Crippen LogP contribution in [0, 0.1) is 22.2 Å². The van der Waals surface area contributed by atoms with E-state index in [1.54, 1.807) is 29.2 Å². The normalized spacial score (nSPS) is 27.3. The van der Waals surface area contributed by atoms with Crippen LogP contribution >= 0.6 is 0 Å². The first-order chi connectivity index (χ1) is 13.2.